The van der Waals surface area contributed by atoms with Crippen molar-refractivity contribution in [3.05, 3.63) is 78.9 Å². The van der Waals surface area contributed by atoms with Crippen molar-refractivity contribution < 1.29 is 0 Å². The number of hydrogen-bond acceptors (Lipinski definition) is 1. The van der Waals surface area contributed by atoms with Gasteiger partial charge in [0.25, 0.3) is 0 Å². The molecule has 0 radical (unpaired) electrons. The number of imidazole rings is 1. The molecule has 4 rings (SSSR count). The van der Waals surface area contributed by atoms with E-state index in [1.165, 1.54) is 48.8 Å². The molecule has 2 nitrogen and oxygen atoms in total. The van der Waals surface area contributed by atoms with E-state index < -0.39 is 0 Å². The molecular weight excluding hydrogens is 292 g/mol. The number of aromatic nitrogens is 2. The van der Waals surface area contributed by atoms with Gasteiger partial charge in [0.2, 0.25) is 0 Å². The third-order valence-electron chi connectivity index (χ3n) is 5.30. The predicted molar refractivity (Wildman–Crippen MR) is 98.8 cm³/mol. The van der Waals surface area contributed by atoms with Crippen molar-refractivity contribution >= 4 is 0 Å². The molecule has 122 valence electrons. The Morgan fingerprint density at radius 3 is 2.21 bits per heavy atom. The number of nitrogens with zero attached hydrogens (tertiary/aromatic N) is 2. The molecule has 2 aromatic carbocycles. The minimum Gasteiger partial charge on any atom is -0.330 e. The summed E-state index contributed by atoms with van der Waals surface area (Å²) >= 11 is 0. The zero-order valence-electron chi connectivity index (χ0n) is 14.0. The summed E-state index contributed by atoms with van der Waals surface area (Å²) in [5, 5.41) is 0. The Morgan fingerprint density at radius 1 is 0.833 bits per heavy atom. The summed E-state index contributed by atoms with van der Waals surface area (Å²) in [7, 11) is 0. The summed E-state index contributed by atoms with van der Waals surface area (Å²) in [6.07, 6.45) is 12.7. The molecule has 1 atom stereocenters. The first-order chi connectivity index (χ1) is 11.9. The largest absolute Gasteiger partial charge is 0.330 e. The molecule has 0 bridgehead atoms. The maximum Gasteiger partial charge on any atom is 0.0951 e. The summed E-state index contributed by atoms with van der Waals surface area (Å²) in [6.45, 7) is 0. The van der Waals surface area contributed by atoms with Gasteiger partial charge in [0.15, 0.2) is 0 Å². The molecule has 0 N–H and O–H groups in total. The highest BCUT2D eigenvalue weighted by atomic mass is 15.1. The van der Waals surface area contributed by atoms with Crippen LogP contribution in [0.15, 0.2) is 73.3 Å². The van der Waals surface area contributed by atoms with Crippen molar-refractivity contribution in [2.24, 2.45) is 5.92 Å². The molecule has 24 heavy (non-hydrogen) atoms. The first-order valence-electron chi connectivity index (χ1n) is 9.04. The second-order valence-corrected chi connectivity index (χ2v) is 6.84. The molecule has 1 aliphatic carbocycles. The van der Waals surface area contributed by atoms with Gasteiger partial charge >= 0.3 is 0 Å². The molecule has 1 unspecified atom stereocenters. The normalized spacial score (nSPS) is 16.8. The van der Waals surface area contributed by atoms with Crippen molar-refractivity contribution in [3.8, 4) is 11.1 Å². The van der Waals surface area contributed by atoms with Crippen molar-refractivity contribution in [2.75, 3.05) is 0 Å². The smallest absolute Gasteiger partial charge is 0.0951 e. The molecule has 0 amide bonds. The molecule has 0 saturated heterocycles. The zero-order valence-corrected chi connectivity index (χ0v) is 14.0. The first-order valence-corrected chi connectivity index (χ1v) is 9.04. The number of rotatable bonds is 4. The average Bonchev–Trinajstić information content (AvgIpc) is 3.18. The van der Waals surface area contributed by atoms with E-state index in [2.05, 4.69) is 70.3 Å². The zero-order chi connectivity index (χ0) is 16.2. The molecule has 1 fully saturated rings. The van der Waals surface area contributed by atoms with Gasteiger partial charge in [-0.1, -0.05) is 73.9 Å². The maximum absolute atomic E-state index is 4.29. The Balaban J connectivity index is 1.65. The van der Waals surface area contributed by atoms with Gasteiger partial charge in [0.1, 0.15) is 0 Å². The van der Waals surface area contributed by atoms with E-state index in [9.17, 15) is 0 Å². The van der Waals surface area contributed by atoms with Crippen molar-refractivity contribution in [3.63, 3.8) is 0 Å². The fourth-order valence-electron chi connectivity index (χ4n) is 4.07. The number of hydrogen-bond donors (Lipinski definition) is 0. The van der Waals surface area contributed by atoms with Crippen LogP contribution in [-0.4, -0.2) is 9.55 Å². The molecule has 0 spiro atoms. The minimum absolute atomic E-state index is 0.414. The highest BCUT2D eigenvalue weighted by Gasteiger charge is 2.26. The first kappa shape index (κ1) is 15.2. The van der Waals surface area contributed by atoms with Crippen LogP contribution in [-0.2, 0) is 0 Å². The lowest BCUT2D eigenvalue weighted by Crippen LogP contribution is -2.22. The van der Waals surface area contributed by atoms with E-state index in [1.54, 1.807) is 0 Å². The van der Waals surface area contributed by atoms with Crippen molar-refractivity contribution in [1.29, 1.82) is 0 Å². The van der Waals surface area contributed by atoms with Crippen LogP contribution in [0.4, 0.5) is 0 Å². The summed E-state index contributed by atoms with van der Waals surface area (Å²) in [6, 6.07) is 20.2. The minimum atomic E-state index is 0.414. The SMILES string of the molecule is c1ccc(-c2ccc(C(C3CCCCC3)n3ccnc3)cc2)cc1. The van der Waals surface area contributed by atoms with Crippen LogP contribution in [0.5, 0.6) is 0 Å². The molecule has 1 aliphatic rings. The Kier molecular flexibility index (Phi) is 4.46. The van der Waals surface area contributed by atoms with Gasteiger partial charge in [-0.05, 0) is 35.4 Å². The summed E-state index contributed by atoms with van der Waals surface area (Å²) in [4.78, 5) is 4.29. The monoisotopic (exact) mass is 316 g/mol. The van der Waals surface area contributed by atoms with Crippen LogP contribution in [0.25, 0.3) is 11.1 Å². The van der Waals surface area contributed by atoms with E-state index in [0.29, 0.717) is 6.04 Å². The summed E-state index contributed by atoms with van der Waals surface area (Å²) < 4.78 is 2.30. The Hall–Kier alpha value is -2.35. The van der Waals surface area contributed by atoms with E-state index >= 15 is 0 Å². The standard InChI is InChI=1S/C22H24N2/c1-3-7-18(8-4-1)19-11-13-21(14-12-19)22(24-16-15-23-17-24)20-9-5-2-6-10-20/h1,3-4,7-8,11-17,20,22H,2,5-6,9-10H2. The topological polar surface area (TPSA) is 17.8 Å². The fourth-order valence-corrected chi connectivity index (χ4v) is 4.07. The summed E-state index contributed by atoms with van der Waals surface area (Å²) in [5.74, 6) is 0.718. The van der Waals surface area contributed by atoms with Crippen LogP contribution in [0, 0.1) is 5.92 Å². The lowest BCUT2D eigenvalue weighted by Gasteiger charge is -2.31. The van der Waals surface area contributed by atoms with Crippen LogP contribution in [0.2, 0.25) is 0 Å². The van der Waals surface area contributed by atoms with Gasteiger partial charge < -0.3 is 4.57 Å². The van der Waals surface area contributed by atoms with Gasteiger partial charge in [-0.15, -0.1) is 0 Å². The molecular formula is C22H24N2. The third-order valence-corrected chi connectivity index (χ3v) is 5.30. The molecule has 1 heterocycles. The second-order valence-electron chi connectivity index (χ2n) is 6.84. The molecule has 0 aliphatic heterocycles. The Morgan fingerprint density at radius 2 is 1.54 bits per heavy atom. The van der Waals surface area contributed by atoms with E-state index in [-0.39, 0.29) is 0 Å². The van der Waals surface area contributed by atoms with Crippen molar-refractivity contribution in [1.82, 2.24) is 9.55 Å². The average molecular weight is 316 g/mol. The van der Waals surface area contributed by atoms with E-state index in [1.807, 2.05) is 12.5 Å². The molecule has 1 aromatic heterocycles. The van der Waals surface area contributed by atoms with Gasteiger partial charge in [-0.25, -0.2) is 4.98 Å². The van der Waals surface area contributed by atoms with Gasteiger partial charge in [0, 0.05) is 12.4 Å². The van der Waals surface area contributed by atoms with Gasteiger partial charge in [-0.3, -0.25) is 0 Å². The van der Waals surface area contributed by atoms with Crippen LogP contribution in [0.1, 0.15) is 43.7 Å². The Labute approximate surface area is 144 Å². The lowest BCUT2D eigenvalue weighted by atomic mass is 9.81. The third kappa shape index (κ3) is 3.14. The van der Waals surface area contributed by atoms with E-state index in [4.69, 9.17) is 0 Å². The quantitative estimate of drug-likeness (QED) is 0.602. The predicted octanol–water partition coefficient (Wildman–Crippen LogP) is 5.72. The summed E-state index contributed by atoms with van der Waals surface area (Å²) in [5.41, 5.74) is 3.97. The second kappa shape index (κ2) is 7.04. The van der Waals surface area contributed by atoms with Crippen molar-refractivity contribution in [2.45, 2.75) is 38.1 Å². The fraction of sp³-hybridized carbons (Fsp3) is 0.318. The van der Waals surface area contributed by atoms with E-state index in [0.717, 1.165) is 5.92 Å². The van der Waals surface area contributed by atoms with Crippen LogP contribution >= 0.6 is 0 Å². The molecule has 3 aromatic rings. The molecule has 2 heteroatoms. The van der Waals surface area contributed by atoms with Crippen LogP contribution in [0.3, 0.4) is 0 Å². The van der Waals surface area contributed by atoms with Gasteiger partial charge in [0.05, 0.1) is 12.4 Å². The maximum atomic E-state index is 4.29. The lowest BCUT2D eigenvalue weighted by molar-refractivity contribution is 0.279. The highest BCUT2D eigenvalue weighted by Crippen LogP contribution is 2.37. The Bertz CT molecular complexity index is 738. The molecule has 1 saturated carbocycles. The highest BCUT2D eigenvalue weighted by molar-refractivity contribution is 5.63. The van der Waals surface area contributed by atoms with Gasteiger partial charge in [-0.2, -0.15) is 0 Å². The number of benzene rings is 2. The van der Waals surface area contributed by atoms with Crippen LogP contribution < -0.4 is 0 Å².